The SMILES string of the molecule is CCCCCNC(=O)Cc1cc(=O)[nH]c(SCc2cccc(Cl)c2)n1. The highest BCUT2D eigenvalue weighted by Gasteiger charge is 2.08. The quantitative estimate of drug-likeness (QED) is 0.397. The summed E-state index contributed by atoms with van der Waals surface area (Å²) in [6.45, 7) is 2.77. The number of aromatic amines is 1. The van der Waals surface area contributed by atoms with Crippen molar-refractivity contribution in [3.63, 3.8) is 0 Å². The normalized spacial score (nSPS) is 10.6. The van der Waals surface area contributed by atoms with Gasteiger partial charge in [-0.2, -0.15) is 0 Å². The molecule has 0 spiro atoms. The molecule has 0 fully saturated rings. The van der Waals surface area contributed by atoms with Crippen molar-refractivity contribution in [2.75, 3.05) is 6.54 Å². The van der Waals surface area contributed by atoms with Gasteiger partial charge in [0, 0.05) is 23.4 Å². The van der Waals surface area contributed by atoms with Crippen molar-refractivity contribution >= 4 is 29.3 Å². The summed E-state index contributed by atoms with van der Waals surface area (Å²) in [6.07, 6.45) is 3.28. The second-order valence-corrected chi connectivity index (χ2v) is 7.09. The molecule has 25 heavy (non-hydrogen) atoms. The lowest BCUT2D eigenvalue weighted by atomic mass is 10.2. The fourth-order valence-corrected chi connectivity index (χ4v) is 3.30. The van der Waals surface area contributed by atoms with Crippen LogP contribution in [-0.2, 0) is 17.0 Å². The van der Waals surface area contributed by atoms with E-state index in [1.54, 1.807) is 0 Å². The Hall–Kier alpha value is -1.79. The van der Waals surface area contributed by atoms with Crippen LogP contribution in [0.3, 0.4) is 0 Å². The fraction of sp³-hybridized carbons (Fsp3) is 0.389. The van der Waals surface area contributed by atoms with Crippen LogP contribution in [-0.4, -0.2) is 22.4 Å². The number of unbranched alkanes of at least 4 members (excludes halogenated alkanes) is 2. The lowest BCUT2D eigenvalue weighted by Crippen LogP contribution is -2.27. The smallest absolute Gasteiger partial charge is 0.251 e. The lowest BCUT2D eigenvalue weighted by molar-refractivity contribution is -0.120. The molecule has 7 heteroatoms. The van der Waals surface area contributed by atoms with Crippen LogP contribution in [0.25, 0.3) is 0 Å². The molecule has 0 atom stereocenters. The maximum absolute atomic E-state index is 11.9. The molecule has 2 aromatic rings. The van der Waals surface area contributed by atoms with Crippen molar-refractivity contribution in [2.45, 2.75) is 43.5 Å². The van der Waals surface area contributed by atoms with Gasteiger partial charge in [0.25, 0.3) is 5.56 Å². The summed E-state index contributed by atoms with van der Waals surface area (Å²) >= 11 is 7.37. The Morgan fingerprint density at radius 2 is 2.16 bits per heavy atom. The van der Waals surface area contributed by atoms with Crippen LogP contribution < -0.4 is 10.9 Å². The molecule has 1 aromatic heterocycles. The molecule has 0 aliphatic carbocycles. The number of aromatic nitrogens is 2. The minimum atomic E-state index is -0.252. The van der Waals surface area contributed by atoms with Gasteiger partial charge in [-0.3, -0.25) is 9.59 Å². The fourth-order valence-electron chi connectivity index (χ4n) is 2.25. The number of halogens is 1. The molecule has 1 aromatic carbocycles. The summed E-state index contributed by atoms with van der Waals surface area (Å²) in [5.41, 5.74) is 1.27. The number of nitrogens with zero attached hydrogens (tertiary/aromatic N) is 1. The van der Waals surface area contributed by atoms with E-state index in [0.717, 1.165) is 24.8 Å². The largest absolute Gasteiger partial charge is 0.356 e. The lowest BCUT2D eigenvalue weighted by Gasteiger charge is -2.06. The van der Waals surface area contributed by atoms with E-state index in [9.17, 15) is 9.59 Å². The molecule has 0 radical (unpaired) electrons. The predicted octanol–water partition coefficient (Wildman–Crippen LogP) is 3.56. The Morgan fingerprint density at radius 1 is 1.32 bits per heavy atom. The average Bonchev–Trinajstić information content (AvgIpc) is 2.56. The Balaban J connectivity index is 1.92. The van der Waals surface area contributed by atoms with Gasteiger partial charge >= 0.3 is 0 Å². The molecule has 0 unspecified atom stereocenters. The van der Waals surface area contributed by atoms with Crippen LogP contribution >= 0.6 is 23.4 Å². The first kappa shape index (κ1) is 19.5. The van der Waals surface area contributed by atoms with Gasteiger partial charge in [-0.05, 0) is 24.1 Å². The molecule has 0 saturated carbocycles. The highest BCUT2D eigenvalue weighted by molar-refractivity contribution is 7.98. The monoisotopic (exact) mass is 379 g/mol. The van der Waals surface area contributed by atoms with Crippen molar-refractivity contribution in [3.8, 4) is 0 Å². The van der Waals surface area contributed by atoms with Gasteiger partial charge in [-0.15, -0.1) is 0 Å². The molecule has 2 rings (SSSR count). The van der Waals surface area contributed by atoms with Gasteiger partial charge in [-0.25, -0.2) is 4.98 Å². The molecule has 0 bridgehead atoms. The van der Waals surface area contributed by atoms with E-state index in [4.69, 9.17) is 11.6 Å². The first-order valence-electron chi connectivity index (χ1n) is 8.31. The van der Waals surface area contributed by atoms with Gasteiger partial charge in [0.2, 0.25) is 5.91 Å². The van der Waals surface area contributed by atoms with Crippen LogP contribution in [0, 0.1) is 0 Å². The maximum atomic E-state index is 11.9. The van der Waals surface area contributed by atoms with E-state index >= 15 is 0 Å². The zero-order valence-electron chi connectivity index (χ0n) is 14.2. The zero-order chi connectivity index (χ0) is 18.1. The molecule has 134 valence electrons. The number of thioether (sulfide) groups is 1. The number of rotatable bonds is 9. The van der Waals surface area contributed by atoms with Gasteiger partial charge < -0.3 is 10.3 Å². The topological polar surface area (TPSA) is 74.8 Å². The Morgan fingerprint density at radius 3 is 2.92 bits per heavy atom. The maximum Gasteiger partial charge on any atom is 0.251 e. The molecule has 0 saturated heterocycles. The first-order chi connectivity index (χ1) is 12.1. The number of carbonyl (C=O) groups is 1. The van der Waals surface area contributed by atoms with Crippen molar-refractivity contribution in [1.82, 2.24) is 15.3 Å². The first-order valence-corrected chi connectivity index (χ1v) is 9.67. The third-order valence-corrected chi connectivity index (χ3v) is 4.66. The Labute approximate surface area is 156 Å². The Bertz CT molecular complexity index is 764. The molecular formula is C18H22ClN3O2S. The van der Waals surface area contributed by atoms with Gasteiger partial charge in [0.1, 0.15) is 0 Å². The molecule has 1 heterocycles. The number of nitrogens with one attached hydrogen (secondary N) is 2. The van der Waals surface area contributed by atoms with Crippen LogP contribution in [0.2, 0.25) is 5.02 Å². The number of amides is 1. The molecular weight excluding hydrogens is 358 g/mol. The molecule has 0 aliphatic heterocycles. The van der Waals surface area contributed by atoms with E-state index in [2.05, 4.69) is 22.2 Å². The highest BCUT2D eigenvalue weighted by atomic mass is 35.5. The van der Waals surface area contributed by atoms with Crippen LogP contribution in [0.1, 0.15) is 37.4 Å². The molecule has 2 N–H and O–H groups in total. The van der Waals surface area contributed by atoms with E-state index in [-0.39, 0.29) is 17.9 Å². The molecule has 5 nitrogen and oxygen atoms in total. The van der Waals surface area contributed by atoms with E-state index in [1.165, 1.54) is 17.8 Å². The van der Waals surface area contributed by atoms with Gasteiger partial charge in [-0.1, -0.05) is 55.3 Å². The summed E-state index contributed by atoms with van der Waals surface area (Å²) in [7, 11) is 0. The van der Waals surface area contributed by atoms with Crippen molar-refractivity contribution in [2.24, 2.45) is 0 Å². The number of carbonyl (C=O) groups excluding carboxylic acids is 1. The number of hydrogen-bond acceptors (Lipinski definition) is 4. The van der Waals surface area contributed by atoms with Crippen LogP contribution in [0.4, 0.5) is 0 Å². The van der Waals surface area contributed by atoms with Crippen molar-refractivity contribution in [1.29, 1.82) is 0 Å². The molecule has 1 amide bonds. The van der Waals surface area contributed by atoms with Crippen LogP contribution in [0.15, 0.2) is 40.3 Å². The minimum Gasteiger partial charge on any atom is -0.356 e. The second-order valence-electron chi connectivity index (χ2n) is 5.69. The Kier molecular flexibility index (Phi) is 8.01. The van der Waals surface area contributed by atoms with Gasteiger partial charge in [0.05, 0.1) is 12.1 Å². The van der Waals surface area contributed by atoms with Crippen molar-refractivity contribution < 1.29 is 4.79 Å². The zero-order valence-corrected chi connectivity index (χ0v) is 15.8. The summed E-state index contributed by atoms with van der Waals surface area (Å²) in [6, 6.07) is 8.91. The average molecular weight is 380 g/mol. The number of H-pyrrole nitrogens is 1. The van der Waals surface area contributed by atoms with E-state index < -0.39 is 0 Å². The van der Waals surface area contributed by atoms with Crippen molar-refractivity contribution in [3.05, 3.63) is 57.0 Å². The van der Waals surface area contributed by atoms with Gasteiger partial charge in [0.15, 0.2) is 5.16 Å². The third kappa shape index (κ3) is 7.32. The van der Waals surface area contributed by atoms with E-state index in [0.29, 0.717) is 28.2 Å². The van der Waals surface area contributed by atoms with Crippen LogP contribution in [0.5, 0.6) is 0 Å². The van der Waals surface area contributed by atoms with E-state index in [1.807, 2.05) is 24.3 Å². The minimum absolute atomic E-state index is 0.111. The standard InChI is InChI=1S/C18H22ClN3O2S/c1-2-3-4-8-20-16(23)10-15-11-17(24)22-18(21-15)25-12-13-6-5-7-14(19)9-13/h5-7,9,11H,2-4,8,10,12H2,1H3,(H,20,23)(H,21,22,24). The number of benzene rings is 1. The number of hydrogen-bond donors (Lipinski definition) is 2. The summed E-state index contributed by atoms with van der Waals surface area (Å²) in [4.78, 5) is 30.8. The third-order valence-electron chi connectivity index (χ3n) is 3.48. The summed E-state index contributed by atoms with van der Waals surface area (Å²) < 4.78 is 0. The highest BCUT2D eigenvalue weighted by Crippen LogP contribution is 2.20. The molecule has 0 aliphatic rings. The second kappa shape index (κ2) is 10.3. The summed E-state index contributed by atoms with van der Waals surface area (Å²) in [5.74, 6) is 0.524. The summed E-state index contributed by atoms with van der Waals surface area (Å²) in [5, 5.41) is 4.03. The predicted molar refractivity (Wildman–Crippen MR) is 102 cm³/mol.